The molecule has 2 heterocycles. The average molecular weight is 223 g/mol. The summed E-state index contributed by atoms with van der Waals surface area (Å²) in [7, 11) is 0. The molecule has 1 aromatic rings. The molecule has 16 heavy (non-hydrogen) atoms. The Labute approximate surface area is 94.5 Å². The SMILES string of the molecule is Cc1nn(C2CNC2)c(C)c1C(C)C(=O)O. The maximum Gasteiger partial charge on any atom is 0.310 e. The van der Waals surface area contributed by atoms with E-state index in [1.165, 1.54) is 0 Å². The van der Waals surface area contributed by atoms with Crippen LogP contribution in [0.1, 0.15) is 35.8 Å². The van der Waals surface area contributed by atoms with Crippen LogP contribution >= 0.6 is 0 Å². The summed E-state index contributed by atoms with van der Waals surface area (Å²) in [6, 6.07) is 0.383. The van der Waals surface area contributed by atoms with Crippen LogP contribution in [0.5, 0.6) is 0 Å². The summed E-state index contributed by atoms with van der Waals surface area (Å²) in [6.07, 6.45) is 0. The maximum absolute atomic E-state index is 11.0. The third-order valence-corrected chi connectivity index (χ3v) is 3.29. The van der Waals surface area contributed by atoms with Crippen LogP contribution in [0, 0.1) is 13.8 Å². The van der Waals surface area contributed by atoms with E-state index in [-0.39, 0.29) is 0 Å². The summed E-state index contributed by atoms with van der Waals surface area (Å²) in [5.41, 5.74) is 2.68. The maximum atomic E-state index is 11.0. The molecule has 2 N–H and O–H groups in total. The zero-order valence-corrected chi connectivity index (χ0v) is 9.82. The van der Waals surface area contributed by atoms with Gasteiger partial charge in [-0.15, -0.1) is 0 Å². The molecule has 1 saturated heterocycles. The minimum Gasteiger partial charge on any atom is -0.481 e. The van der Waals surface area contributed by atoms with Gasteiger partial charge in [0.25, 0.3) is 0 Å². The lowest BCUT2D eigenvalue weighted by molar-refractivity contribution is -0.138. The fourth-order valence-electron chi connectivity index (χ4n) is 2.23. The lowest BCUT2D eigenvalue weighted by atomic mass is 9.99. The third-order valence-electron chi connectivity index (χ3n) is 3.29. The second kappa shape index (κ2) is 3.90. The Morgan fingerprint density at radius 3 is 2.62 bits per heavy atom. The molecule has 0 radical (unpaired) electrons. The Balaban J connectivity index is 2.38. The van der Waals surface area contributed by atoms with Crippen LogP contribution < -0.4 is 5.32 Å². The third kappa shape index (κ3) is 1.61. The molecule has 88 valence electrons. The molecule has 5 nitrogen and oxygen atoms in total. The molecule has 0 aliphatic carbocycles. The molecular weight excluding hydrogens is 206 g/mol. The summed E-state index contributed by atoms with van der Waals surface area (Å²) < 4.78 is 1.96. The molecular formula is C11H17N3O2. The highest BCUT2D eigenvalue weighted by Crippen LogP contribution is 2.26. The van der Waals surface area contributed by atoms with Gasteiger partial charge in [-0.1, -0.05) is 0 Å². The van der Waals surface area contributed by atoms with Gasteiger partial charge in [-0.25, -0.2) is 0 Å². The second-order valence-corrected chi connectivity index (χ2v) is 4.40. The van der Waals surface area contributed by atoms with E-state index in [1.54, 1.807) is 6.92 Å². The largest absolute Gasteiger partial charge is 0.481 e. The molecule has 1 aliphatic rings. The molecule has 1 unspecified atom stereocenters. The van der Waals surface area contributed by atoms with Crippen LogP contribution in [0.15, 0.2) is 0 Å². The number of aromatic nitrogens is 2. The van der Waals surface area contributed by atoms with Gasteiger partial charge in [-0.3, -0.25) is 9.48 Å². The van der Waals surface area contributed by atoms with E-state index in [2.05, 4.69) is 10.4 Å². The van der Waals surface area contributed by atoms with E-state index in [9.17, 15) is 4.79 Å². The summed E-state index contributed by atoms with van der Waals surface area (Å²) in [6.45, 7) is 7.38. The lowest BCUT2D eigenvalue weighted by Crippen LogP contribution is -2.44. The Hall–Kier alpha value is -1.36. The quantitative estimate of drug-likeness (QED) is 0.796. The van der Waals surface area contributed by atoms with Gasteiger partial charge < -0.3 is 10.4 Å². The zero-order chi connectivity index (χ0) is 11.9. The first-order chi connectivity index (χ1) is 7.52. The molecule has 0 amide bonds. The van der Waals surface area contributed by atoms with Crippen molar-refractivity contribution in [3.63, 3.8) is 0 Å². The number of nitrogens with zero attached hydrogens (tertiary/aromatic N) is 2. The first-order valence-corrected chi connectivity index (χ1v) is 5.51. The van der Waals surface area contributed by atoms with E-state index < -0.39 is 11.9 Å². The van der Waals surface area contributed by atoms with Crippen LogP contribution in [0.2, 0.25) is 0 Å². The van der Waals surface area contributed by atoms with Gasteiger partial charge in [0.15, 0.2) is 0 Å². The highest BCUT2D eigenvalue weighted by molar-refractivity contribution is 5.76. The van der Waals surface area contributed by atoms with Gasteiger partial charge in [0, 0.05) is 24.3 Å². The number of nitrogens with one attached hydrogen (secondary N) is 1. The van der Waals surface area contributed by atoms with Crippen LogP contribution in [0.3, 0.4) is 0 Å². The minimum atomic E-state index is -0.794. The number of aryl methyl sites for hydroxylation is 1. The van der Waals surface area contributed by atoms with Crippen molar-refractivity contribution in [2.75, 3.05) is 13.1 Å². The topological polar surface area (TPSA) is 67.2 Å². The van der Waals surface area contributed by atoms with Crippen molar-refractivity contribution in [1.29, 1.82) is 0 Å². The smallest absolute Gasteiger partial charge is 0.310 e. The van der Waals surface area contributed by atoms with Crippen LogP contribution in [0.25, 0.3) is 0 Å². The highest BCUT2D eigenvalue weighted by atomic mass is 16.4. The van der Waals surface area contributed by atoms with Crippen LogP contribution in [-0.4, -0.2) is 33.9 Å². The van der Waals surface area contributed by atoms with Crippen molar-refractivity contribution in [3.05, 3.63) is 17.0 Å². The van der Waals surface area contributed by atoms with Gasteiger partial charge >= 0.3 is 5.97 Å². The van der Waals surface area contributed by atoms with Gasteiger partial charge in [0.05, 0.1) is 17.7 Å². The number of aliphatic carboxylic acids is 1. The van der Waals surface area contributed by atoms with Crippen molar-refractivity contribution in [2.24, 2.45) is 0 Å². The molecule has 0 spiro atoms. The number of hydrogen-bond donors (Lipinski definition) is 2. The van der Waals surface area contributed by atoms with Gasteiger partial charge in [0.2, 0.25) is 0 Å². The number of carboxylic acids is 1. The molecule has 1 atom stereocenters. The molecule has 2 rings (SSSR count). The predicted molar refractivity (Wildman–Crippen MR) is 59.7 cm³/mol. The summed E-state index contributed by atoms with van der Waals surface area (Å²) >= 11 is 0. The number of hydrogen-bond acceptors (Lipinski definition) is 3. The number of carbonyl (C=O) groups is 1. The molecule has 1 fully saturated rings. The fraction of sp³-hybridized carbons (Fsp3) is 0.636. The predicted octanol–water partition coefficient (Wildman–Crippen LogP) is 0.832. The molecule has 0 aromatic carbocycles. The number of rotatable bonds is 3. The molecule has 5 heteroatoms. The van der Waals surface area contributed by atoms with Crippen LogP contribution in [0.4, 0.5) is 0 Å². The van der Waals surface area contributed by atoms with Crippen LogP contribution in [-0.2, 0) is 4.79 Å². The summed E-state index contributed by atoms with van der Waals surface area (Å²) in [5.74, 6) is -1.28. The van der Waals surface area contributed by atoms with E-state index in [4.69, 9.17) is 5.11 Å². The van der Waals surface area contributed by atoms with E-state index in [0.717, 1.165) is 30.0 Å². The van der Waals surface area contributed by atoms with Gasteiger partial charge in [0.1, 0.15) is 0 Å². The standard InChI is InChI=1S/C11H17N3O2/c1-6(11(15)16)10-7(2)13-14(8(10)3)9-4-12-5-9/h6,9,12H,4-5H2,1-3H3,(H,15,16). The second-order valence-electron chi connectivity index (χ2n) is 4.40. The van der Waals surface area contributed by atoms with Crippen molar-refractivity contribution in [2.45, 2.75) is 32.7 Å². The zero-order valence-electron chi connectivity index (χ0n) is 9.82. The normalized spacial score (nSPS) is 18.2. The van der Waals surface area contributed by atoms with Gasteiger partial charge in [-0.05, 0) is 20.8 Å². The average Bonchev–Trinajstić information content (AvgIpc) is 2.39. The number of carboxylic acid groups (broad SMARTS) is 1. The summed E-state index contributed by atoms with van der Waals surface area (Å²) in [5, 5.41) is 16.7. The van der Waals surface area contributed by atoms with Crippen molar-refractivity contribution < 1.29 is 9.90 Å². The first-order valence-electron chi connectivity index (χ1n) is 5.51. The van der Waals surface area contributed by atoms with E-state index in [1.807, 2.05) is 18.5 Å². The molecule has 1 aliphatic heterocycles. The first kappa shape index (κ1) is 11.1. The Morgan fingerprint density at radius 1 is 1.56 bits per heavy atom. The highest BCUT2D eigenvalue weighted by Gasteiger charge is 2.27. The van der Waals surface area contributed by atoms with E-state index >= 15 is 0 Å². The van der Waals surface area contributed by atoms with Crippen molar-refractivity contribution in [3.8, 4) is 0 Å². The monoisotopic (exact) mass is 223 g/mol. The Kier molecular flexibility index (Phi) is 2.71. The summed E-state index contributed by atoms with van der Waals surface area (Å²) in [4.78, 5) is 11.0. The van der Waals surface area contributed by atoms with Crippen molar-refractivity contribution >= 4 is 5.97 Å². The van der Waals surface area contributed by atoms with Crippen molar-refractivity contribution in [1.82, 2.24) is 15.1 Å². The van der Waals surface area contributed by atoms with Gasteiger partial charge in [-0.2, -0.15) is 5.10 Å². The Bertz CT molecular complexity index is 421. The minimum absolute atomic E-state index is 0.383. The molecule has 0 saturated carbocycles. The molecule has 0 bridgehead atoms. The lowest BCUT2D eigenvalue weighted by Gasteiger charge is -2.28. The molecule has 1 aromatic heterocycles. The van der Waals surface area contributed by atoms with E-state index in [0.29, 0.717) is 6.04 Å². The Morgan fingerprint density at radius 2 is 2.19 bits per heavy atom. The fourth-order valence-corrected chi connectivity index (χ4v) is 2.23.